The van der Waals surface area contributed by atoms with Crippen LogP contribution >= 0.6 is 11.6 Å². The summed E-state index contributed by atoms with van der Waals surface area (Å²) in [6.45, 7) is 1.68. The zero-order valence-electron chi connectivity index (χ0n) is 10.1. The van der Waals surface area contributed by atoms with E-state index in [1.54, 1.807) is 0 Å². The van der Waals surface area contributed by atoms with Crippen LogP contribution in [-0.4, -0.2) is 27.1 Å². The lowest BCUT2D eigenvalue weighted by atomic mass is 10.2. The highest BCUT2D eigenvalue weighted by molar-refractivity contribution is 6.34. The van der Waals surface area contributed by atoms with Gasteiger partial charge >= 0.3 is 5.97 Å². The SMILES string of the molecule is CC(=O)OCCc1cn(C)c2nc(N)nc(Cl)c12. The molecule has 6 nitrogen and oxygen atoms in total. The number of aryl methyl sites for hydroxylation is 1. The van der Waals surface area contributed by atoms with Crippen LogP contribution in [0, 0.1) is 0 Å². The van der Waals surface area contributed by atoms with Gasteiger partial charge in [-0.25, -0.2) is 4.98 Å². The van der Waals surface area contributed by atoms with E-state index in [2.05, 4.69) is 9.97 Å². The smallest absolute Gasteiger partial charge is 0.302 e. The van der Waals surface area contributed by atoms with E-state index < -0.39 is 0 Å². The number of ether oxygens (including phenoxy) is 1. The maximum absolute atomic E-state index is 10.7. The van der Waals surface area contributed by atoms with Crippen molar-refractivity contribution in [1.29, 1.82) is 0 Å². The molecular formula is C11H13ClN4O2. The van der Waals surface area contributed by atoms with E-state index in [1.807, 2.05) is 17.8 Å². The number of hydrogen-bond acceptors (Lipinski definition) is 5. The minimum Gasteiger partial charge on any atom is -0.466 e. The Morgan fingerprint density at radius 3 is 2.94 bits per heavy atom. The number of aromatic nitrogens is 3. The Bertz CT molecular complexity index is 609. The number of fused-ring (bicyclic) bond motifs is 1. The predicted molar refractivity (Wildman–Crippen MR) is 68.3 cm³/mol. The normalized spacial score (nSPS) is 10.8. The number of anilines is 1. The van der Waals surface area contributed by atoms with Crippen molar-refractivity contribution in [3.8, 4) is 0 Å². The molecule has 2 aromatic rings. The number of nitrogens with two attached hydrogens (primary N) is 1. The van der Waals surface area contributed by atoms with Gasteiger partial charge in [0.25, 0.3) is 0 Å². The highest BCUT2D eigenvalue weighted by Gasteiger charge is 2.13. The summed E-state index contributed by atoms with van der Waals surface area (Å²) in [5.74, 6) is -0.165. The van der Waals surface area contributed by atoms with E-state index in [-0.39, 0.29) is 11.9 Å². The zero-order valence-corrected chi connectivity index (χ0v) is 10.9. The van der Waals surface area contributed by atoms with Gasteiger partial charge in [0.1, 0.15) is 10.8 Å². The van der Waals surface area contributed by atoms with E-state index >= 15 is 0 Å². The molecule has 18 heavy (non-hydrogen) atoms. The molecule has 0 bridgehead atoms. The first kappa shape index (κ1) is 12.6. The first-order valence-electron chi connectivity index (χ1n) is 5.39. The van der Waals surface area contributed by atoms with Crippen molar-refractivity contribution in [3.63, 3.8) is 0 Å². The Labute approximate surface area is 109 Å². The van der Waals surface area contributed by atoms with Crippen LogP contribution in [0.4, 0.5) is 5.95 Å². The van der Waals surface area contributed by atoms with E-state index in [0.29, 0.717) is 23.8 Å². The van der Waals surface area contributed by atoms with Gasteiger partial charge < -0.3 is 15.0 Å². The molecule has 0 saturated carbocycles. The van der Waals surface area contributed by atoms with E-state index in [9.17, 15) is 4.79 Å². The van der Waals surface area contributed by atoms with Crippen LogP contribution in [0.1, 0.15) is 12.5 Å². The number of nitrogen functional groups attached to an aromatic ring is 1. The largest absolute Gasteiger partial charge is 0.466 e. The second kappa shape index (κ2) is 4.81. The van der Waals surface area contributed by atoms with Gasteiger partial charge in [-0.3, -0.25) is 4.79 Å². The zero-order chi connectivity index (χ0) is 13.3. The van der Waals surface area contributed by atoms with E-state index in [4.69, 9.17) is 22.1 Å². The summed E-state index contributed by atoms with van der Waals surface area (Å²) in [5.41, 5.74) is 7.15. The lowest BCUT2D eigenvalue weighted by molar-refractivity contribution is -0.140. The highest BCUT2D eigenvalue weighted by atomic mass is 35.5. The van der Waals surface area contributed by atoms with Gasteiger partial charge in [-0.1, -0.05) is 11.6 Å². The first-order chi connectivity index (χ1) is 8.49. The summed E-state index contributed by atoms with van der Waals surface area (Å²) in [6, 6.07) is 0. The fourth-order valence-electron chi connectivity index (χ4n) is 1.82. The van der Waals surface area contributed by atoms with Crippen LogP contribution in [-0.2, 0) is 23.0 Å². The molecule has 0 fully saturated rings. The summed E-state index contributed by atoms with van der Waals surface area (Å²) in [5, 5.41) is 1.07. The Kier molecular flexibility index (Phi) is 3.38. The molecule has 0 aromatic carbocycles. The summed E-state index contributed by atoms with van der Waals surface area (Å²) in [4.78, 5) is 18.8. The molecule has 2 aromatic heterocycles. The van der Waals surface area contributed by atoms with Crippen molar-refractivity contribution in [2.75, 3.05) is 12.3 Å². The standard InChI is InChI=1S/C11H13ClN4O2/c1-6(17)18-4-3-7-5-16(2)10-8(7)9(12)14-11(13)15-10/h5H,3-4H2,1-2H3,(H2,13,14,15). The number of nitrogens with zero attached hydrogens (tertiary/aromatic N) is 3. The third kappa shape index (κ3) is 2.38. The molecule has 0 aliphatic heterocycles. The fraction of sp³-hybridized carbons (Fsp3) is 0.364. The number of rotatable bonds is 3. The highest BCUT2D eigenvalue weighted by Crippen LogP contribution is 2.26. The van der Waals surface area contributed by atoms with Crippen LogP contribution in [0.25, 0.3) is 11.0 Å². The molecule has 0 saturated heterocycles. The number of esters is 1. The number of halogens is 1. The van der Waals surface area contributed by atoms with Gasteiger partial charge in [0.2, 0.25) is 5.95 Å². The van der Waals surface area contributed by atoms with E-state index in [0.717, 1.165) is 10.9 Å². The molecule has 2 rings (SSSR count). The topological polar surface area (TPSA) is 83.0 Å². The van der Waals surface area contributed by atoms with Gasteiger partial charge in [-0.05, 0) is 5.56 Å². The van der Waals surface area contributed by atoms with Crippen LogP contribution in [0.3, 0.4) is 0 Å². The van der Waals surface area contributed by atoms with Gasteiger partial charge in [0, 0.05) is 26.6 Å². The second-order valence-electron chi connectivity index (χ2n) is 3.93. The van der Waals surface area contributed by atoms with Crippen molar-refractivity contribution in [2.45, 2.75) is 13.3 Å². The van der Waals surface area contributed by atoms with Crippen LogP contribution in [0.5, 0.6) is 0 Å². The van der Waals surface area contributed by atoms with Crippen molar-refractivity contribution in [2.24, 2.45) is 7.05 Å². The van der Waals surface area contributed by atoms with Crippen LogP contribution < -0.4 is 5.73 Å². The van der Waals surface area contributed by atoms with Crippen molar-refractivity contribution < 1.29 is 9.53 Å². The molecule has 2 heterocycles. The lowest BCUT2D eigenvalue weighted by Crippen LogP contribution is -2.03. The fourth-order valence-corrected chi connectivity index (χ4v) is 2.12. The average Bonchev–Trinajstić information content (AvgIpc) is 2.55. The van der Waals surface area contributed by atoms with Crippen LogP contribution in [0.2, 0.25) is 5.15 Å². The Morgan fingerprint density at radius 1 is 1.56 bits per heavy atom. The Morgan fingerprint density at radius 2 is 2.28 bits per heavy atom. The molecule has 2 N–H and O–H groups in total. The van der Waals surface area contributed by atoms with Crippen LogP contribution in [0.15, 0.2) is 6.20 Å². The summed E-state index contributed by atoms with van der Waals surface area (Å²) >= 11 is 6.07. The lowest BCUT2D eigenvalue weighted by Gasteiger charge is -2.02. The third-order valence-corrected chi connectivity index (χ3v) is 2.82. The van der Waals surface area contributed by atoms with Crippen molar-refractivity contribution >= 4 is 34.6 Å². The summed E-state index contributed by atoms with van der Waals surface area (Å²) in [6.07, 6.45) is 2.44. The van der Waals surface area contributed by atoms with Crippen molar-refractivity contribution in [1.82, 2.24) is 14.5 Å². The maximum atomic E-state index is 10.7. The number of carbonyl (C=O) groups is 1. The average molecular weight is 269 g/mol. The minimum absolute atomic E-state index is 0.139. The first-order valence-corrected chi connectivity index (χ1v) is 5.77. The molecule has 96 valence electrons. The molecule has 7 heteroatoms. The monoisotopic (exact) mass is 268 g/mol. The second-order valence-corrected chi connectivity index (χ2v) is 4.28. The van der Waals surface area contributed by atoms with Gasteiger partial charge in [0.05, 0.1) is 12.0 Å². The molecular weight excluding hydrogens is 256 g/mol. The maximum Gasteiger partial charge on any atom is 0.302 e. The predicted octanol–water partition coefficient (Wildman–Crippen LogP) is 1.31. The molecule has 0 unspecified atom stereocenters. The third-order valence-electron chi connectivity index (χ3n) is 2.54. The van der Waals surface area contributed by atoms with Gasteiger partial charge in [-0.15, -0.1) is 0 Å². The molecule has 0 aliphatic carbocycles. The molecule has 0 spiro atoms. The minimum atomic E-state index is -0.304. The molecule has 0 atom stereocenters. The number of carbonyl (C=O) groups excluding carboxylic acids is 1. The molecule has 0 amide bonds. The van der Waals surface area contributed by atoms with Crippen molar-refractivity contribution in [3.05, 3.63) is 16.9 Å². The molecule has 0 aliphatic rings. The summed E-state index contributed by atoms with van der Waals surface area (Å²) in [7, 11) is 1.85. The quantitative estimate of drug-likeness (QED) is 0.670. The summed E-state index contributed by atoms with van der Waals surface area (Å²) < 4.78 is 6.73. The van der Waals surface area contributed by atoms with E-state index in [1.165, 1.54) is 6.92 Å². The number of hydrogen-bond donors (Lipinski definition) is 1. The Hall–Kier alpha value is -1.82. The van der Waals surface area contributed by atoms with Gasteiger partial charge in [0.15, 0.2) is 0 Å². The molecule has 0 radical (unpaired) electrons. The Balaban J connectivity index is 2.37. The van der Waals surface area contributed by atoms with Gasteiger partial charge in [-0.2, -0.15) is 4.98 Å².